The highest BCUT2D eigenvalue weighted by molar-refractivity contribution is 14.0. The fraction of sp³-hybridized carbons (Fsp3) is 0.588. The molecule has 0 saturated carbocycles. The van der Waals surface area contributed by atoms with E-state index < -0.39 is 5.60 Å². The van der Waals surface area contributed by atoms with E-state index in [9.17, 15) is 5.11 Å². The smallest absolute Gasteiger partial charge is 0.191 e. The van der Waals surface area contributed by atoms with Crippen LogP contribution in [0.15, 0.2) is 22.5 Å². The van der Waals surface area contributed by atoms with Crippen LogP contribution in [-0.4, -0.2) is 38.9 Å². The van der Waals surface area contributed by atoms with Gasteiger partial charge in [-0.3, -0.25) is 0 Å². The van der Waals surface area contributed by atoms with Crippen molar-refractivity contribution < 1.29 is 5.11 Å². The van der Waals surface area contributed by atoms with Gasteiger partial charge in [0.15, 0.2) is 11.8 Å². The minimum absolute atomic E-state index is 0. The van der Waals surface area contributed by atoms with E-state index in [0.29, 0.717) is 19.0 Å². The minimum atomic E-state index is -0.942. The van der Waals surface area contributed by atoms with E-state index in [2.05, 4.69) is 32.7 Å². The molecule has 9 heteroatoms. The normalized spacial score (nSPS) is 13.8. The van der Waals surface area contributed by atoms with Crippen molar-refractivity contribution in [3.05, 3.63) is 34.0 Å². The van der Waals surface area contributed by atoms with Crippen molar-refractivity contribution in [2.45, 2.75) is 45.8 Å². The molecule has 0 amide bonds. The summed E-state index contributed by atoms with van der Waals surface area (Å²) in [5, 5.41) is 27.4. The van der Waals surface area contributed by atoms with Gasteiger partial charge in [0.1, 0.15) is 18.0 Å². The highest BCUT2D eigenvalue weighted by Crippen LogP contribution is 2.24. The number of aliphatic imine (C=N–C) groups is 1. The van der Waals surface area contributed by atoms with E-state index in [1.165, 1.54) is 0 Å². The molecular weight excluding hydrogens is 463 g/mol. The van der Waals surface area contributed by atoms with Crippen LogP contribution in [0.2, 0.25) is 0 Å². The zero-order valence-corrected chi connectivity index (χ0v) is 19.0. The number of nitrogens with one attached hydrogen (secondary N) is 2. The van der Waals surface area contributed by atoms with Gasteiger partial charge >= 0.3 is 0 Å². The first kappa shape index (κ1) is 22.8. The highest BCUT2D eigenvalue weighted by Gasteiger charge is 2.24. The number of thiophene rings is 1. The van der Waals surface area contributed by atoms with Gasteiger partial charge in [-0.2, -0.15) is 0 Å². The number of aromatic nitrogens is 3. The van der Waals surface area contributed by atoms with Crippen LogP contribution in [-0.2, 0) is 19.2 Å². The van der Waals surface area contributed by atoms with Crippen molar-refractivity contribution in [1.29, 1.82) is 0 Å². The van der Waals surface area contributed by atoms with E-state index in [0.717, 1.165) is 35.9 Å². The molecular formula is C17H29IN6OS. The molecule has 26 heavy (non-hydrogen) atoms. The number of aliphatic hydroxyl groups is 1. The predicted octanol–water partition coefficient (Wildman–Crippen LogP) is 2.55. The third kappa shape index (κ3) is 6.51. The third-order valence-electron chi connectivity index (χ3n) is 4.04. The summed E-state index contributed by atoms with van der Waals surface area (Å²) in [5.41, 5.74) is -0.942. The molecule has 0 aliphatic heterocycles. The van der Waals surface area contributed by atoms with Crippen molar-refractivity contribution in [2.24, 2.45) is 12.0 Å². The molecule has 0 bridgehead atoms. The standard InChI is InChI=1S/C17H28N6OS.HI/c1-5-6-9-18-16(19-11-15-22-21-13(2)23(15)4)20-12-17(3,24)14-8-7-10-25-14;/h7-8,10,24H,5-6,9,11-12H2,1-4H3,(H2,18,19,20);1H. The molecule has 0 aliphatic rings. The van der Waals surface area contributed by atoms with Gasteiger partial charge in [-0.25, -0.2) is 4.99 Å². The SMILES string of the molecule is CCCCNC(=NCc1nnc(C)n1C)NCC(C)(O)c1cccs1.I. The fourth-order valence-corrected chi connectivity index (χ4v) is 3.01. The Bertz CT molecular complexity index is 683. The Morgan fingerprint density at radius 3 is 2.73 bits per heavy atom. The summed E-state index contributed by atoms with van der Waals surface area (Å²) in [6.45, 7) is 7.51. The first-order valence-electron chi connectivity index (χ1n) is 8.57. The average molecular weight is 492 g/mol. The van der Waals surface area contributed by atoms with Crippen LogP contribution >= 0.6 is 35.3 Å². The minimum Gasteiger partial charge on any atom is -0.383 e. The molecule has 7 nitrogen and oxygen atoms in total. The monoisotopic (exact) mass is 492 g/mol. The van der Waals surface area contributed by atoms with E-state index in [4.69, 9.17) is 0 Å². The van der Waals surface area contributed by atoms with Gasteiger partial charge in [0.25, 0.3) is 0 Å². The second-order valence-corrected chi connectivity index (χ2v) is 7.22. The highest BCUT2D eigenvalue weighted by atomic mass is 127. The Morgan fingerprint density at radius 1 is 1.38 bits per heavy atom. The average Bonchev–Trinajstić information content (AvgIpc) is 3.23. The predicted molar refractivity (Wildman–Crippen MR) is 117 cm³/mol. The third-order valence-corrected chi connectivity index (χ3v) is 5.16. The molecule has 146 valence electrons. The summed E-state index contributed by atoms with van der Waals surface area (Å²) in [6, 6.07) is 3.88. The molecule has 2 rings (SSSR count). The van der Waals surface area contributed by atoms with Crippen LogP contribution in [0.4, 0.5) is 0 Å². The molecule has 0 spiro atoms. The van der Waals surface area contributed by atoms with Crippen LogP contribution in [0.1, 0.15) is 43.2 Å². The van der Waals surface area contributed by atoms with E-state index >= 15 is 0 Å². The molecule has 2 heterocycles. The summed E-state index contributed by atoms with van der Waals surface area (Å²) < 4.78 is 1.93. The van der Waals surface area contributed by atoms with Crippen molar-refractivity contribution >= 4 is 41.3 Å². The zero-order chi connectivity index (χ0) is 18.3. The first-order chi connectivity index (χ1) is 11.9. The quantitative estimate of drug-likeness (QED) is 0.228. The van der Waals surface area contributed by atoms with Crippen LogP contribution < -0.4 is 10.6 Å². The Morgan fingerprint density at radius 2 is 2.15 bits per heavy atom. The van der Waals surface area contributed by atoms with Crippen molar-refractivity contribution in [3.63, 3.8) is 0 Å². The van der Waals surface area contributed by atoms with Crippen LogP contribution in [0.5, 0.6) is 0 Å². The second kappa shape index (κ2) is 10.8. The number of halogens is 1. The molecule has 1 unspecified atom stereocenters. The van der Waals surface area contributed by atoms with Gasteiger partial charge in [-0.15, -0.1) is 45.5 Å². The van der Waals surface area contributed by atoms with Crippen molar-refractivity contribution in [2.75, 3.05) is 13.1 Å². The Hall–Kier alpha value is -1.20. The van der Waals surface area contributed by atoms with Gasteiger partial charge in [0, 0.05) is 18.5 Å². The number of hydrogen-bond acceptors (Lipinski definition) is 5. The van der Waals surface area contributed by atoms with E-state index in [1.807, 2.05) is 43.0 Å². The number of rotatable bonds is 8. The Labute approximate surface area is 176 Å². The molecule has 0 fully saturated rings. The van der Waals surface area contributed by atoms with E-state index in [-0.39, 0.29) is 24.0 Å². The van der Waals surface area contributed by atoms with Gasteiger partial charge in [-0.05, 0) is 31.7 Å². The summed E-state index contributed by atoms with van der Waals surface area (Å²) in [6.07, 6.45) is 2.17. The lowest BCUT2D eigenvalue weighted by Crippen LogP contribution is -2.44. The van der Waals surface area contributed by atoms with Crippen LogP contribution in [0, 0.1) is 6.92 Å². The topological polar surface area (TPSA) is 87.4 Å². The fourth-order valence-electron chi connectivity index (χ4n) is 2.22. The van der Waals surface area contributed by atoms with Gasteiger partial charge in [0.2, 0.25) is 0 Å². The second-order valence-electron chi connectivity index (χ2n) is 6.27. The summed E-state index contributed by atoms with van der Waals surface area (Å²) in [5.74, 6) is 2.34. The summed E-state index contributed by atoms with van der Waals surface area (Å²) in [7, 11) is 1.93. The lowest BCUT2D eigenvalue weighted by atomic mass is 10.1. The molecule has 2 aromatic heterocycles. The number of guanidine groups is 1. The number of unbranched alkanes of at least 4 members (excludes halogenated alkanes) is 1. The number of hydrogen-bond donors (Lipinski definition) is 3. The maximum Gasteiger partial charge on any atom is 0.191 e. The Balaban J connectivity index is 0.00000338. The molecule has 1 atom stereocenters. The molecule has 0 radical (unpaired) electrons. The van der Waals surface area contributed by atoms with Crippen molar-refractivity contribution in [1.82, 2.24) is 25.4 Å². The van der Waals surface area contributed by atoms with Gasteiger partial charge < -0.3 is 20.3 Å². The van der Waals surface area contributed by atoms with Crippen molar-refractivity contribution in [3.8, 4) is 0 Å². The number of nitrogens with zero attached hydrogens (tertiary/aromatic N) is 4. The van der Waals surface area contributed by atoms with Crippen LogP contribution in [0.3, 0.4) is 0 Å². The molecule has 0 saturated heterocycles. The first-order valence-corrected chi connectivity index (χ1v) is 9.45. The van der Waals surface area contributed by atoms with E-state index in [1.54, 1.807) is 11.3 Å². The molecule has 2 aromatic rings. The zero-order valence-electron chi connectivity index (χ0n) is 15.8. The van der Waals surface area contributed by atoms with Crippen LogP contribution in [0.25, 0.3) is 0 Å². The maximum atomic E-state index is 10.7. The Kier molecular flexibility index (Phi) is 9.51. The maximum absolute atomic E-state index is 10.7. The number of aryl methyl sites for hydroxylation is 1. The molecule has 0 aliphatic carbocycles. The molecule has 3 N–H and O–H groups in total. The largest absolute Gasteiger partial charge is 0.383 e. The van der Waals surface area contributed by atoms with Gasteiger partial charge in [0.05, 0.1) is 6.54 Å². The lowest BCUT2D eigenvalue weighted by molar-refractivity contribution is 0.0655. The van der Waals surface area contributed by atoms with Gasteiger partial charge in [-0.1, -0.05) is 19.4 Å². The summed E-state index contributed by atoms with van der Waals surface area (Å²) >= 11 is 1.55. The molecule has 0 aromatic carbocycles. The lowest BCUT2D eigenvalue weighted by Gasteiger charge is -2.24. The summed E-state index contributed by atoms with van der Waals surface area (Å²) in [4.78, 5) is 5.52.